The number of ether oxygens (including phenoxy) is 1. The first-order valence-corrected chi connectivity index (χ1v) is 10.3. The Morgan fingerprint density at radius 2 is 1.72 bits per heavy atom. The normalized spacial score (nSPS) is 11.9. The maximum Gasteiger partial charge on any atom is 0.338 e. The van der Waals surface area contributed by atoms with E-state index in [9.17, 15) is 18.0 Å². The number of carbonyl (C=O) groups is 2. The van der Waals surface area contributed by atoms with E-state index in [1.165, 1.54) is 31.2 Å². The minimum atomic E-state index is -3.75. The molecule has 0 saturated carbocycles. The van der Waals surface area contributed by atoms with Crippen LogP contribution < -0.4 is 10.0 Å². The van der Waals surface area contributed by atoms with E-state index in [4.69, 9.17) is 11.2 Å². The first-order valence-electron chi connectivity index (χ1n) is 8.80. The van der Waals surface area contributed by atoms with Gasteiger partial charge in [0.1, 0.15) is 0 Å². The summed E-state index contributed by atoms with van der Waals surface area (Å²) >= 11 is 0. The molecule has 8 heteroatoms. The van der Waals surface area contributed by atoms with Crippen LogP contribution >= 0.6 is 0 Å². The number of carbonyl (C=O) groups excluding carboxylic acids is 2. The van der Waals surface area contributed by atoms with E-state index in [2.05, 4.69) is 16.0 Å². The molecule has 0 aliphatic heterocycles. The van der Waals surface area contributed by atoms with Crippen molar-refractivity contribution in [1.29, 1.82) is 0 Å². The average molecular weight is 414 g/mol. The van der Waals surface area contributed by atoms with Gasteiger partial charge in [-0.15, -0.1) is 6.42 Å². The molecule has 0 spiro atoms. The molecule has 1 amide bonds. The van der Waals surface area contributed by atoms with Crippen LogP contribution in [0.5, 0.6) is 0 Å². The van der Waals surface area contributed by atoms with Crippen LogP contribution in [-0.2, 0) is 26.1 Å². The number of rotatable bonds is 8. The van der Waals surface area contributed by atoms with Crippen molar-refractivity contribution in [2.45, 2.75) is 31.4 Å². The highest BCUT2D eigenvalue weighted by molar-refractivity contribution is 7.89. The zero-order chi connectivity index (χ0) is 21.4. The van der Waals surface area contributed by atoms with E-state index in [0.29, 0.717) is 6.54 Å². The lowest BCUT2D eigenvalue weighted by atomic mass is 10.1. The highest BCUT2D eigenvalue weighted by atomic mass is 32.2. The summed E-state index contributed by atoms with van der Waals surface area (Å²) < 4.78 is 31.3. The molecule has 0 radical (unpaired) electrons. The van der Waals surface area contributed by atoms with Crippen LogP contribution in [0.4, 0.5) is 0 Å². The summed E-state index contributed by atoms with van der Waals surface area (Å²) in [5.74, 6) is 1.01. The number of sulfonamides is 1. The second-order valence-corrected chi connectivity index (χ2v) is 8.07. The molecule has 7 nitrogen and oxygen atoms in total. The van der Waals surface area contributed by atoms with Crippen molar-refractivity contribution in [3.63, 3.8) is 0 Å². The molecule has 0 saturated heterocycles. The molecule has 29 heavy (non-hydrogen) atoms. The van der Waals surface area contributed by atoms with Crippen LogP contribution in [0.2, 0.25) is 0 Å². The second-order valence-electron chi connectivity index (χ2n) is 6.30. The maximum absolute atomic E-state index is 12.2. The van der Waals surface area contributed by atoms with Crippen molar-refractivity contribution in [2.75, 3.05) is 6.54 Å². The van der Waals surface area contributed by atoms with Crippen LogP contribution in [0.3, 0.4) is 0 Å². The highest BCUT2D eigenvalue weighted by Crippen LogP contribution is 2.12. The van der Waals surface area contributed by atoms with Gasteiger partial charge in [0, 0.05) is 6.54 Å². The predicted molar refractivity (Wildman–Crippen MR) is 108 cm³/mol. The van der Waals surface area contributed by atoms with Gasteiger partial charge in [0.2, 0.25) is 10.0 Å². The number of terminal acetylenes is 1. The first-order chi connectivity index (χ1) is 13.7. The van der Waals surface area contributed by atoms with Gasteiger partial charge in [0.15, 0.2) is 6.10 Å². The van der Waals surface area contributed by atoms with Crippen molar-refractivity contribution in [1.82, 2.24) is 10.0 Å². The molecular weight excluding hydrogens is 392 g/mol. The number of amides is 1. The van der Waals surface area contributed by atoms with Crippen molar-refractivity contribution in [2.24, 2.45) is 0 Å². The lowest BCUT2D eigenvalue weighted by Crippen LogP contribution is -2.35. The summed E-state index contributed by atoms with van der Waals surface area (Å²) in [7, 11) is -3.75. The summed E-state index contributed by atoms with van der Waals surface area (Å²) in [6.45, 7) is 3.62. The fraction of sp³-hybridized carbons (Fsp3) is 0.238. The zero-order valence-corrected chi connectivity index (χ0v) is 17.0. The monoisotopic (exact) mass is 414 g/mol. The number of hydrogen-bond donors (Lipinski definition) is 2. The summed E-state index contributed by atoms with van der Waals surface area (Å²) in [5, 5.41) is 2.70. The standard InChI is InChI=1S/C21H22N2O5S/c1-4-13-23-29(26,27)19-11-9-18(10-12-19)21(25)28-16(3)20(24)22-14-17-7-5-15(2)6-8-17/h1,5-12,16,23H,13-14H2,2-3H3,(H,22,24). The second kappa shape index (κ2) is 9.87. The van der Waals surface area contributed by atoms with Crippen molar-refractivity contribution in [3.8, 4) is 12.3 Å². The van der Waals surface area contributed by atoms with Crippen LogP contribution in [-0.4, -0.2) is 32.9 Å². The van der Waals surface area contributed by atoms with Gasteiger partial charge in [-0.05, 0) is 43.7 Å². The topological polar surface area (TPSA) is 102 Å². The van der Waals surface area contributed by atoms with Crippen LogP contribution in [0.15, 0.2) is 53.4 Å². The Labute approximate surface area is 170 Å². The van der Waals surface area contributed by atoms with Gasteiger partial charge < -0.3 is 10.1 Å². The lowest BCUT2D eigenvalue weighted by Gasteiger charge is -2.14. The molecule has 2 N–H and O–H groups in total. The fourth-order valence-electron chi connectivity index (χ4n) is 2.31. The molecule has 2 rings (SSSR count). The van der Waals surface area contributed by atoms with Gasteiger partial charge in [-0.3, -0.25) is 4.79 Å². The first kappa shape index (κ1) is 22.1. The Morgan fingerprint density at radius 1 is 1.10 bits per heavy atom. The molecule has 0 aliphatic rings. The Balaban J connectivity index is 1.92. The third-order valence-corrected chi connectivity index (χ3v) is 5.42. The number of hydrogen-bond acceptors (Lipinski definition) is 5. The van der Waals surface area contributed by atoms with Gasteiger partial charge in [0.25, 0.3) is 5.91 Å². The van der Waals surface area contributed by atoms with E-state index < -0.39 is 28.0 Å². The summed E-state index contributed by atoms with van der Waals surface area (Å²) in [5.41, 5.74) is 2.17. The Hall–Kier alpha value is -3.15. The minimum Gasteiger partial charge on any atom is -0.449 e. The molecule has 0 heterocycles. The molecule has 1 atom stereocenters. The minimum absolute atomic E-state index is 0.0341. The fourth-order valence-corrected chi connectivity index (χ4v) is 3.25. The number of nitrogens with one attached hydrogen (secondary N) is 2. The predicted octanol–water partition coefficient (Wildman–Crippen LogP) is 1.77. The number of aryl methyl sites for hydroxylation is 1. The highest BCUT2D eigenvalue weighted by Gasteiger charge is 2.20. The molecule has 0 fully saturated rings. The molecule has 152 valence electrons. The third kappa shape index (κ3) is 6.45. The van der Waals surface area contributed by atoms with Crippen molar-refractivity contribution >= 4 is 21.9 Å². The molecule has 0 bridgehead atoms. The SMILES string of the molecule is C#CCNS(=O)(=O)c1ccc(C(=O)OC(C)C(=O)NCc2ccc(C)cc2)cc1. The summed E-state index contributed by atoms with van der Waals surface area (Å²) in [4.78, 5) is 24.3. The van der Waals surface area contributed by atoms with E-state index in [-0.39, 0.29) is 17.0 Å². The number of esters is 1. The molecule has 1 unspecified atom stereocenters. The third-order valence-electron chi connectivity index (χ3n) is 4.00. The largest absolute Gasteiger partial charge is 0.449 e. The molecule has 2 aromatic rings. The Bertz CT molecular complexity index is 1010. The van der Waals surface area contributed by atoms with E-state index >= 15 is 0 Å². The van der Waals surface area contributed by atoms with Gasteiger partial charge >= 0.3 is 5.97 Å². The molecule has 2 aromatic carbocycles. The van der Waals surface area contributed by atoms with E-state index in [0.717, 1.165) is 11.1 Å². The number of benzene rings is 2. The Morgan fingerprint density at radius 3 is 2.31 bits per heavy atom. The van der Waals surface area contributed by atoms with Crippen LogP contribution in [0.25, 0.3) is 0 Å². The van der Waals surface area contributed by atoms with Gasteiger partial charge in [0.05, 0.1) is 17.0 Å². The zero-order valence-electron chi connectivity index (χ0n) is 16.1. The Kier molecular flexibility index (Phi) is 7.53. The smallest absolute Gasteiger partial charge is 0.338 e. The van der Waals surface area contributed by atoms with Crippen molar-refractivity contribution in [3.05, 3.63) is 65.2 Å². The van der Waals surface area contributed by atoms with Gasteiger partial charge in [-0.25, -0.2) is 13.2 Å². The quantitative estimate of drug-likeness (QED) is 0.506. The van der Waals surface area contributed by atoms with E-state index in [1.54, 1.807) is 0 Å². The summed E-state index contributed by atoms with van der Waals surface area (Å²) in [6.07, 6.45) is 4.03. The summed E-state index contributed by atoms with van der Waals surface area (Å²) in [6, 6.07) is 12.8. The molecule has 0 aliphatic carbocycles. The maximum atomic E-state index is 12.2. The van der Waals surface area contributed by atoms with Crippen molar-refractivity contribution < 1.29 is 22.7 Å². The molecular formula is C21H22N2O5S. The van der Waals surface area contributed by atoms with Gasteiger partial charge in [-0.1, -0.05) is 35.7 Å². The lowest BCUT2D eigenvalue weighted by molar-refractivity contribution is -0.129. The van der Waals surface area contributed by atoms with E-state index in [1.807, 2.05) is 31.2 Å². The van der Waals surface area contributed by atoms with Crippen LogP contribution in [0.1, 0.15) is 28.4 Å². The van der Waals surface area contributed by atoms with Crippen LogP contribution in [0, 0.1) is 19.3 Å². The average Bonchev–Trinajstić information content (AvgIpc) is 2.71. The molecule has 0 aromatic heterocycles. The van der Waals surface area contributed by atoms with Gasteiger partial charge in [-0.2, -0.15) is 4.72 Å².